The first-order valence-electron chi connectivity index (χ1n) is 5.30. The van der Waals surface area contributed by atoms with Crippen LogP contribution < -0.4 is 0 Å². The first-order chi connectivity index (χ1) is 8.86. The van der Waals surface area contributed by atoms with Crippen molar-refractivity contribution < 1.29 is 5.11 Å². The second kappa shape index (κ2) is 5.01. The predicted octanol–water partition coefficient (Wildman–Crippen LogP) is 2.73. The molecule has 0 radical (unpaired) electrons. The van der Waals surface area contributed by atoms with E-state index in [9.17, 15) is 5.11 Å². The van der Waals surface area contributed by atoms with Crippen LogP contribution in [0.25, 0.3) is 10.9 Å². The molecule has 0 aliphatic carbocycles. The van der Waals surface area contributed by atoms with Gasteiger partial charge < -0.3 is 5.11 Å². The van der Waals surface area contributed by atoms with Gasteiger partial charge in [-0.15, -0.1) is 10.2 Å². The lowest BCUT2D eigenvalue weighted by molar-refractivity contribution is 0.278. The number of hydrogen-bond donors (Lipinski definition) is 1. The van der Waals surface area contributed by atoms with E-state index >= 15 is 0 Å². The van der Waals surface area contributed by atoms with E-state index in [0.717, 1.165) is 25.8 Å². The quantitative estimate of drug-likeness (QED) is 0.796. The molecule has 0 aliphatic heterocycles. The fourth-order valence-electron chi connectivity index (χ4n) is 1.63. The first kappa shape index (κ1) is 11.6. The number of pyridine rings is 1. The highest BCUT2D eigenvalue weighted by Crippen LogP contribution is 2.31. The molecule has 0 spiro atoms. The van der Waals surface area contributed by atoms with Gasteiger partial charge in [0.25, 0.3) is 0 Å². The summed E-state index contributed by atoms with van der Waals surface area (Å²) in [4.78, 5) is 4.56. The molecule has 3 rings (SSSR count). The molecule has 1 aromatic carbocycles. The highest BCUT2D eigenvalue weighted by molar-refractivity contribution is 8.01. The van der Waals surface area contributed by atoms with Crippen LogP contribution in [-0.2, 0) is 6.61 Å². The van der Waals surface area contributed by atoms with Crippen molar-refractivity contribution in [3.05, 3.63) is 41.4 Å². The molecule has 0 fully saturated rings. The largest absolute Gasteiger partial charge is 0.392 e. The minimum absolute atomic E-state index is 0.0288. The molecule has 0 amide bonds. The van der Waals surface area contributed by atoms with Crippen molar-refractivity contribution in [2.45, 2.75) is 16.0 Å². The monoisotopic (exact) mass is 275 g/mol. The van der Waals surface area contributed by atoms with Crippen molar-refractivity contribution in [1.29, 1.82) is 0 Å². The van der Waals surface area contributed by atoms with Crippen molar-refractivity contribution >= 4 is 34.0 Å². The van der Waals surface area contributed by atoms with Gasteiger partial charge >= 0.3 is 0 Å². The zero-order valence-corrected chi connectivity index (χ0v) is 10.9. The number of aliphatic hydroxyl groups excluding tert-OH is 1. The fourth-order valence-corrected chi connectivity index (χ4v) is 3.12. The summed E-state index contributed by atoms with van der Waals surface area (Å²) in [5, 5.41) is 19.0. The SMILES string of the molecule is OCc1cc2ccccc2nc1Sc1nncs1. The van der Waals surface area contributed by atoms with Crippen LogP contribution in [-0.4, -0.2) is 20.3 Å². The van der Waals surface area contributed by atoms with Gasteiger partial charge in [-0.3, -0.25) is 0 Å². The Hall–Kier alpha value is -1.50. The van der Waals surface area contributed by atoms with Gasteiger partial charge in [-0.2, -0.15) is 0 Å². The third kappa shape index (κ3) is 2.22. The number of para-hydroxylation sites is 1. The number of nitrogens with zero attached hydrogens (tertiary/aromatic N) is 3. The van der Waals surface area contributed by atoms with E-state index in [1.54, 1.807) is 5.51 Å². The third-order valence-corrected chi connectivity index (χ3v) is 4.28. The third-order valence-electron chi connectivity index (χ3n) is 2.46. The van der Waals surface area contributed by atoms with Crippen LogP contribution in [0.4, 0.5) is 0 Å². The van der Waals surface area contributed by atoms with Crippen molar-refractivity contribution in [2.75, 3.05) is 0 Å². The van der Waals surface area contributed by atoms with Crippen LogP contribution in [0, 0.1) is 0 Å². The van der Waals surface area contributed by atoms with Crippen molar-refractivity contribution in [3.8, 4) is 0 Å². The van der Waals surface area contributed by atoms with Crippen LogP contribution in [0.2, 0.25) is 0 Å². The van der Waals surface area contributed by atoms with E-state index in [0.29, 0.717) is 0 Å². The summed E-state index contributed by atoms with van der Waals surface area (Å²) in [6.45, 7) is -0.0288. The molecule has 2 heterocycles. The van der Waals surface area contributed by atoms with E-state index < -0.39 is 0 Å². The summed E-state index contributed by atoms with van der Waals surface area (Å²) in [5.41, 5.74) is 3.41. The van der Waals surface area contributed by atoms with E-state index in [2.05, 4.69) is 15.2 Å². The standard InChI is InChI=1S/C12H9N3OS2/c16-6-9-5-8-3-1-2-4-10(8)14-11(9)18-12-15-13-7-17-12/h1-5,7,16H,6H2. The van der Waals surface area contributed by atoms with Crippen LogP contribution >= 0.6 is 23.1 Å². The summed E-state index contributed by atoms with van der Waals surface area (Å²) in [5.74, 6) is 0. The second-order valence-electron chi connectivity index (χ2n) is 3.61. The molecule has 18 heavy (non-hydrogen) atoms. The van der Waals surface area contributed by atoms with Gasteiger partial charge in [0, 0.05) is 10.9 Å². The molecule has 0 atom stereocenters. The minimum Gasteiger partial charge on any atom is -0.392 e. The Morgan fingerprint density at radius 1 is 1.28 bits per heavy atom. The zero-order chi connectivity index (χ0) is 12.4. The van der Waals surface area contributed by atoms with Gasteiger partial charge in [0.1, 0.15) is 10.5 Å². The molecule has 0 aliphatic rings. The first-order valence-corrected chi connectivity index (χ1v) is 7.00. The van der Waals surface area contributed by atoms with Crippen molar-refractivity contribution in [2.24, 2.45) is 0 Å². The molecule has 0 saturated carbocycles. The summed E-state index contributed by atoms with van der Waals surface area (Å²) < 4.78 is 0.826. The van der Waals surface area contributed by atoms with Gasteiger partial charge in [0.2, 0.25) is 0 Å². The summed E-state index contributed by atoms with van der Waals surface area (Å²) in [7, 11) is 0. The van der Waals surface area contributed by atoms with E-state index in [1.165, 1.54) is 23.1 Å². The molecular weight excluding hydrogens is 266 g/mol. The highest BCUT2D eigenvalue weighted by Gasteiger charge is 2.09. The van der Waals surface area contributed by atoms with Crippen molar-refractivity contribution in [3.63, 3.8) is 0 Å². The highest BCUT2D eigenvalue weighted by atomic mass is 32.2. The number of rotatable bonds is 3. The maximum Gasteiger partial charge on any atom is 0.180 e. The Bertz CT molecular complexity index is 670. The summed E-state index contributed by atoms with van der Waals surface area (Å²) >= 11 is 2.90. The number of hydrogen-bond acceptors (Lipinski definition) is 6. The molecule has 6 heteroatoms. The van der Waals surface area contributed by atoms with E-state index in [-0.39, 0.29) is 6.61 Å². The predicted molar refractivity (Wildman–Crippen MR) is 71.7 cm³/mol. The Morgan fingerprint density at radius 2 is 2.17 bits per heavy atom. The van der Waals surface area contributed by atoms with Gasteiger partial charge in [-0.1, -0.05) is 29.5 Å². The average molecular weight is 275 g/mol. The number of fused-ring (bicyclic) bond motifs is 1. The van der Waals surface area contributed by atoms with Crippen LogP contribution in [0.15, 0.2) is 45.2 Å². The lowest BCUT2D eigenvalue weighted by Crippen LogP contribution is -1.92. The van der Waals surface area contributed by atoms with Crippen molar-refractivity contribution in [1.82, 2.24) is 15.2 Å². The van der Waals surface area contributed by atoms with Gasteiger partial charge in [0.15, 0.2) is 4.34 Å². The Morgan fingerprint density at radius 3 is 2.94 bits per heavy atom. The van der Waals surface area contributed by atoms with Gasteiger partial charge in [0.05, 0.1) is 12.1 Å². The molecule has 90 valence electrons. The van der Waals surface area contributed by atoms with Crippen LogP contribution in [0.5, 0.6) is 0 Å². The molecule has 0 unspecified atom stereocenters. The van der Waals surface area contributed by atoms with Gasteiger partial charge in [-0.25, -0.2) is 4.98 Å². The number of aliphatic hydroxyl groups is 1. The molecular formula is C12H9N3OS2. The normalized spacial score (nSPS) is 10.9. The Kier molecular flexibility index (Phi) is 3.22. The molecule has 4 nitrogen and oxygen atoms in total. The molecule has 0 bridgehead atoms. The minimum atomic E-state index is -0.0288. The van der Waals surface area contributed by atoms with Crippen LogP contribution in [0.3, 0.4) is 0 Å². The Balaban J connectivity index is 2.09. The maximum absolute atomic E-state index is 9.42. The van der Waals surface area contributed by atoms with E-state index in [1.807, 2.05) is 30.3 Å². The Labute approximate surface area is 112 Å². The van der Waals surface area contributed by atoms with E-state index in [4.69, 9.17) is 0 Å². The summed E-state index contributed by atoms with van der Waals surface area (Å²) in [6, 6.07) is 9.82. The lowest BCUT2D eigenvalue weighted by Gasteiger charge is -2.06. The summed E-state index contributed by atoms with van der Waals surface area (Å²) in [6.07, 6.45) is 0. The molecule has 0 saturated heterocycles. The molecule has 3 aromatic rings. The molecule has 1 N–H and O–H groups in total. The van der Waals surface area contributed by atoms with Crippen LogP contribution in [0.1, 0.15) is 5.56 Å². The zero-order valence-electron chi connectivity index (χ0n) is 9.28. The number of benzene rings is 1. The lowest BCUT2D eigenvalue weighted by atomic mass is 10.2. The smallest absolute Gasteiger partial charge is 0.180 e. The number of aromatic nitrogens is 3. The fraction of sp³-hybridized carbons (Fsp3) is 0.0833. The molecule has 2 aromatic heterocycles. The second-order valence-corrected chi connectivity index (χ2v) is 5.68. The topological polar surface area (TPSA) is 58.9 Å². The maximum atomic E-state index is 9.42. The average Bonchev–Trinajstić information content (AvgIpc) is 2.91. The van der Waals surface area contributed by atoms with Gasteiger partial charge in [-0.05, 0) is 23.9 Å².